The maximum Gasteiger partial charge on any atom is 0.247 e. The van der Waals surface area contributed by atoms with Crippen LogP contribution in [0.15, 0.2) is 0 Å². The van der Waals surface area contributed by atoms with E-state index in [4.69, 9.17) is 4.84 Å². The average molecular weight is 200 g/mol. The van der Waals surface area contributed by atoms with Crippen LogP contribution in [0.1, 0.15) is 26.7 Å². The fourth-order valence-corrected chi connectivity index (χ4v) is 1.44. The first-order valence-corrected chi connectivity index (χ1v) is 5.32. The summed E-state index contributed by atoms with van der Waals surface area (Å²) in [6.45, 7) is 6.47. The van der Waals surface area contributed by atoms with E-state index in [1.807, 2.05) is 13.8 Å². The molecule has 0 unspecified atom stereocenters. The van der Waals surface area contributed by atoms with E-state index in [1.165, 1.54) is 0 Å². The van der Waals surface area contributed by atoms with Gasteiger partial charge in [0.1, 0.15) is 0 Å². The fourth-order valence-electron chi connectivity index (χ4n) is 1.44. The quantitative estimate of drug-likeness (QED) is 0.656. The molecule has 0 bridgehead atoms. The van der Waals surface area contributed by atoms with Crippen LogP contribution in [0.3, 0.4) is 0 Å². The molecule has 1 aliphatic rings. The largest absolute Gasteiger partial charge is 0.316 e. The molecule has 0 aliphatic carbocycles. The van der Waals surface area contributed by atoms with E-state index in [9.17, 15) is 4.79 Å². The van der Waals surface area contributed by atoms with Crippen molar-refractivity contribution in [2.24, 2.45) is 11.8 Å². The Morgan fingerprint density at radius 3 is 3.00 bits per heavy atom. The lowest BCUT2D eigenvalue weighted by Gasteiger charge is -2.21. The molecule has 0 aromatic heterocycles. The minimum absolute atomic E-state index is 0.0119. The van der Waals surface area contributed by atoms with Crippen LogP contribution in [0.2, 0.25) is 0 Å². The number of rotatable bonds is 4. The van der Waals surface area contributed by atoms with Crippen molar-refractivity contribution in [3.05, 3.63) is 0 Å². The zero-order chi connectivity index (χ0) is 10.4. The second-order valence-corrected chi connectivity index (χ2v) is 4.21. The normalized spacial score (nSPS) is 22.4. The molecule has 1 heterocycles. The summed E-state index contributed by atoms with van der Waals surface area (Å²) in [5.74, 6) is 0.536. The van der Waals surface area contributed by atoms with Gasteiger partial charge in [-0.1, -0.05) is 13.8 Å². The SMILES string of the molecule is CC(C)CONC(=O)[C@@H]1CCCNC1. The van der Waals surface area contributed by atoms with Crippen LogP contribution < -0.4 is 10.8 Å². The second-order valence-electron chi connectivity index (χ2n) is 4.21. The molecule has 1 aliphatic heterocycles. The van der Waals surface area contributed by atoms with Gasteiger partial charge >= 0.3 is 0 Å². The Kier molecular flexibility index (Phi) is 4.90. The average Bonchev–Trinajstić information content (AvgIpc) is 2.18. The van der Waals surface area contributed by atoms with Gasteiger partial charge in [-0.05, 0) is 25.3 Å². The van der Waals surface area contributed by atoms with Gasteiger partial charge in [0.25, 0.3) is 0 Å². The Labute approximate surface area is 85.3 Å². The van der Waals surface area contributed by atoms with E-state index < -0.39 is 0 Å². The number of nitrogens with one attached hydrogen (secondary N) is 2. The number of carbonyl (C=O) groups excluding carboxylic acids is 1. The van der Waals surface area contributed by atoms with Crippen molar-refractivity contribution in [2.75, 3.05) is 19.7 Å². The summed E-state index contributed by atoms with van der Waals surface area (Å²) in [6, 6.07) is 0. The maximum atomic E-state index is 11.5. The number of piperidine rings is 1. The third kappa shape index (κ3) is 4.07. The number of hydrogen-bond acceptors (Lipinski definition) is 3. The lowest BCUT2D eigenvalue weighted by molar-refractivity contribution is -0.139. The van der Waals surface area contributed by atoms with Gasteiger partial charge < -0.3 is 5.32 Å². The van der Waals surface area contributed by atoms with E-state index in [1.54, 1.807) is 0 Å². The van der Waals surface area contributed by atoms with Crippen molar-refractivity contribution in [1.82, 2.24) is 10.8 Å². The minimum atomic E-state index is 0.0119. The predicted molar refractivity (Wildman–Crippen MR) is 54.5 cm³/mol. The zero-order valence-electron chi connectivity index (χ0n) is 9.01. The highest BCUT2D eigenvalue weighted by molar-refractivity contribution is 5.77. The highest BCUT2D eigenvalue weighted by Gasteiger charge is 2.20. The number of hydroxylamine groups is 1. The lowest BCUT2D eigenvalue weighted by atomic mass is 9.99. The monoisotopic (exact) mass is 200 g/mol. The van der Waals surface area contributed by atoms with E-state index in [2.05, 4.69) is 10.8 Å². The van der Waals surface area contributed by atoms with E-state index in [-0.39, 0.29) is 11.8 Å². The molecule has 2 N–H and O–H groups in total. The number of carbonyl (C=O) groups is 1. The highest BCUT2D eigenvalue weighted by atomic mass is 16.6. The molecule has 0 aromatic carbocycles. The van der Waals surface area contributed by atoms with Crippen molar-refractivity contribution in [2.45, 2.75) is 26.7 Å². The van der Waals surface area contributed by atoms with Crippen molar-refractivity contribution in [1.29, 1.82) is 0 Å². The third-order valence-corrected chi connectivity index (χ3v) is 2.26. The highest BCUT2D eigenvalue weighted by Crippen LogP contribution is 2.09. The van der Waals surface area contributed by atoms with Crippen LogP contribution in [0.4, 0.5) is 0 Å². The van der Waals surface area contributed by atoms with E-state index in [0.29, 0.717) is 12.5 Å². The van der Waals surface area contributed by atoms with Crippen molar-refractivity contribution in [3.63, 3.8) is 0 Å². The van der Waals surface area contributed by atoms with Crippen LogP contribution in [-0.2, 0) is 9.63 Å². The van der Waals surface area contributed by atoms with Crippen LogP contribution in [0, 0.1) is 11.8 Å². The van der Waals surface area contributed by atoms with Crippen molar-refractivity contribution >= 4 is 5.91 Å². The maximum absolute atomic E-state index is 11.5. The molecule has 1 rings (SSSR count). The van der Waals surface area contributed by atoms with Gasteiger partial charge in [-0.25, -0.2) is 5.48 Å². The third-order valence-electron chi connectivity index (χ3n) is 2.26. The van der Waals surface area contributed by atoms with Crippen LogP contribution in [0.25, 0.3) is 0 Å². The smallest absolute Gasteiger partial charge is 0.247 e. The molecule has 82 valence electrons. The molecule has 0 spiro atoms. The van der Waals surface area contributed by atoms with E-state index in [0.717, 1.165) is 25.9 Å². The van der Waals surface area contributed by atoms with Gasteiger partial charge in [0, 0.05) is 6.54 Å². The molecular weight excluding hydrogens is 180 g/mol. The van der Waals surface area contributed by atoms with Gasteiger partial charge in [-0.15, -0.1) is 0 Å². The predicted octanol–water partition coefficient (Wildman–Crippen LogP) is 0.690. The van der Waals surface area contributed by atoms with Gasteiger partial charge in [-0.2, -0.15) is 0 Å². The molecule has 4 heteroatoms. The first kappa shape index (κ1) is 11.5. The molecular formula is C10H20N2O2. The Morgan fingerprint density at radius 1 is 1.64 bits per heavy atom. The van der Waals surface area contributed by atoms with Crippen LogP contribution in [0.5, 0.6) is 0 Å². The van der Waals surface area contributed by atoms with Crippen LogP contribution >= 0.6 is 0 Å². The molecule has 0 saturated carbocycles. The summed E-state index contributed by atoms with van der Waals surface area (Å²) in [6.07, 6.45) is 2.03. The summed E-state index contributed by atoms with van der Waals surface area (Å²) >= 11 is 0. The molecule has 0 aromatic rings. The topological polar surface area (TPSA) is 50.4 Å². The minimum Gasteiger partial charge on any atom is -0.316 e. The van der Waals surface area contributed by atoms with Crippen molar-refractivity contribution in [3.8, 4) is 0 Å². The van der Waals surface area contributed by atoms with Gasteiger partial charge in [0.05, 0.1) is 12.5 Å². The summed E-state index contributed by atoms with van der Waals surface area (Å²) in [4.78, 5) is 16.6. The molecule has 1 fully saturated rings. The van der Waals surface area contributed by atoms with Gasteiger partial charge in [0.2, 0.25) is 5.91 Å². The Bertz CT molecular complexity index is 177. The standard InChI is InChI=1S/C10H20N2O2/c1-8(2)7-14-12-10(13)9-4-3-5-11-6-9/h8-9,11H,3-7H2,1-2H3,(H,12,13)/t9-/m1/s1. The second kappa shape index (κ2) is 5.98. The Balaban J connectivity index is 2.13. The molecule has 1 atom stereocenters. The molecule has 14 heavy (non-hydrogen) atoms. The van der Waals surface area contributed by atoms with Crippen LogP contribution in [-0.4, -0.2) is 25.6 Å². The first-order chi connectivity index (χ1) is 6.70. The zero-order valence-corrected chi connectivity index (χ0v) is 9.01. The van der Waals surface area contributed by atoms with E-state index >= 15 is 0 Å². The first-order valence-electron chi connectivity index (χ1n) is 5.32. The summed E-state index contributed by atoms with van der Waals surface area (Å²) < 4.78 is 0. The molecule has 4 nitrogen and oxygen atoms in total. The fraction of sp³-hybridized carbons (Fsp3) is 0.900. The number of amides is 1. The summed E-state index contributed by atoms with van der Waals surface area (Å²) in [7, 11) is 0. The van der Waals surface area contributed by atoms with Gasteiger partial charge in [0.15, 0.2) is 0 Å². The lowest BCUT2D eigenvalue weighted by Crippen LogP contribution is -2.40. The molecule has 0 radical (unpaired) electrons. The van der Waals surface area contributed by atoms with Gasteiger partial charge in [-0.3, -0.25) is 9.63 Å². The molecule has 1 saturated heterocycles. The Hall–Kier alpha value is -0.610. The summed E-state index contributed by atoms with van der Waals surface area (Å²) in [5.41, 5.74) is 2.50. The van der Waals surface area contributed by atoms with Crippen molar-refractivity contribution < 1.29 is 9.63 Å². The molecule has 1 amide bonds. The summed E-state index contributed by atoms with van der Waals surface area (Å²) in [5, 5.41) is 3.20. The number of hydrogen-bond donors (Lipinski definition) is 2. The Morgan fingerprint density at radius 2 is 2.43 bits per heavy atom.